The van der Waals surface area contributed by atoms with Gasteiger partial charge < -0.3 is 15.7 Å². The molecule has 0 aliphatic rings. The summed E-state index contributed by atoms with van der Waals surface area (Å²) in [5.74, 6) is -1.83. The highest BCUT2D eigenvalue weighted by atomic mass is 32.1. The molecule has 3 N–H and O–H groups in total. The van der Waals surface area contributed by atoms with E-state index in [0.717, 1.165) is 34.8 Å². The monoisotopic (exact) mass is 540 g/mol. The topological polar surface area (TPSA) is 130 Å². The summed E-state index contributed by atoms with van der Waals surface area (Å²) in [5.41, 5.74) is 1.67. The van der Waals surface area contributed by atoms with E-state index in [1.54, 1.807) is 13.0 Å². The lowest BCUT2D eigenvalue weighted by atomic mass is 10.0. The number of nitrogens with zero attached hydrogens (tertiary/aromatic N) is 4. The van der Waals surface area contributed by atoms with Crippen molar-refractivity contribution in [2.45, 2.75) is 45.4 Å². The molecule has 37 heavy (non-hydrogen) atoms. The third kappa shape index (κ3) is 7.61. The molecule has 2 heterocycles. The number of amides is 2. The minimum atomic E-state index is -0.787. The van der Waals surface area contributed by atoms with E-state index >= 15 is 0 Å². The molecule has 0 saturated heterocycles. The quantitative estimate of drug-likeness (QED) is 0.239. The molecule has 0 fully saturated rings. The number of halogens is 1. The van der Waals surface area contributed by atoms with E-state index in [-0.39, 0.29) is 24.3 Å². The fourth-order valence-electron chi connectivity index (χ4n) is 3.55. The maximum atomic E-state index is 14.1. The van der Waals surface area contributed by atoms with E-state index in [1.165, 1.54) is 28.7 Å². The van der Waals surface area contributed by atoms with Crippen molar-refractivity contribution < 1.29 is 19.1 Å². The highest BCUT2D eigenvalue weighted by molar-refractivity contribution is 7.15. The van der Waals surface area contributed by atoms with Crippen LogP contribution in [0.4, 0.5) is 14.7 Å². The molecule has 0 radical (unpaired) electrons. The molecule has 0 bridgehead atoms. The van der Waals surface area contributed by atoms with Crippen LogP contribution in [-0.4, -0.2) is 37.3 Å². The molecule has 0 aliphatic carbocycles. The minimum absolute atomic E-state index is 0.129. The first-order chi connectivity index (χ1) is 17.9. The Morgan fingerprint density at radius 3 is 2.00 bits per heavy atom. The van der Waals surface area contributed by atoms with Crippen molar-refractivity contribution in [3.05, 3.63) is 75.0 Å². The number of phenols is 1. The molecule has 0 atom stereocenters. The van der Waals surface area contributed by atoms with E-state index in [0.29, 0.717) is 22.2 Å². The first-order valence-electron chi connectivity index (χ1n) is 11.6. The number of aromatic nitrogens is 4. The molecule has 2 aromatic heterocycles. The lowest BCUT2D eigenvalue weighted by Crippen LogP contribution is -2.16. The Balaban J connectivity index is 1.18. The Labute approximate surface area is 220 Å². The number of rotatable bonds is 11. The summed E-state index contributed by atoms with van der Waals surface area (Å²) in [6.07, 6.45) is 3.18. The van der Waals surface area contributed by atoms with Gasteiger partial charge in [-0.25, -0.2) is 4.39 Å². The van der Waals surface area contributed by atoms with Gasteiger partial charge in [-0.1, -0.05) is 59.1 Å². The fraction of sp³-hybridized carbons (Fsp3) is 0.280. The van der Waals surface area contributed by atoms with Crippen molar-refractivity contribution in [2.75, 3.05) is 10.6 Å². The van der Waals surface area contributed by atoms with Gasteiger partial charge in [-0.2, -0.15) is 0 Å². The first-order valence-corrected chi connectivity index (χ1v) is 13.3. The van der Waals surface area contributed by atoms with Gasteiger partial charge in [-0.05, 0) is 37.0 Å². The molecule has 0 unspecified atom stereocenters. The largest absolute Gasteiger partial charge is 0.505 e. The van der Waals surface area contributed by atoms with Gasteiger partial charge in [0, 0.05) is 18.4 Å². The zero-order chi connectivity index (χ0) is 26.2. The molecule has 4 rings (SSSR count). The summed E-state index contributed by atoms with van der Waals surface area (Å²) in [6, 6.07) is 12.3. The van der Waals surface area contributed by atoms with Gasteiger partial charge in [0.2, 0.25) is 22.1 Å². The average Bonchev–Trinajstić information content (AvgIpc) is 3.51. The second-order valence-corrected chi connectivity index (χ2v) is 10.5. The number of aryl methyl sites for hydroxylation is 3. The second kappa shape index (κ2) is 12.5. The number of hydrogen-bond donors (Lipinski definition) is 3. The fourth-order valence-corrected chi connectivity index (χ4v) is 5.15. The van der Waals surface area contributed by atoms with Gasteiger partial charge in [0.25, 0.3) is 0 Å². The van der Waals surface area contributed by atoms with Crippen LogP contribution < -0.4 is 10.6 Å². The Kier molecular flexibility index (Phi) is 8.86. The normalized spacial score (nSPS) is 10.9. The van der Waals surface area contributed by atoms with Gasteiger partial charge in [0.1, 0.15) is 10.0 Å². The lowest BCUT2D eigenvalue weighted by Gasteiger charge is -2.08. The number of unbranched alkanes of at least 4 members (excludes halogenated alkanes) is 1. The molecule has 0 aliphatic heterocycles. The van der Waals surface area contributed by atoms with Crippen molar-refractivity contribution >= 4 is 44.8 Å². The Hall–Kier alpha value is -3.77. The van der Waals surface area contributed by atoms with Crippen LogP contribution in [0.5, 0.6) is 5.75 Å². The van der Waals surface area contributed by atoms with Crippen LogP contribution in [0.25, 0.3) is 0 Å². The van der Waals surface area contributed by atoms with Crippen LogP contribution in [0.3, 0.4) is 0 Å². The summed E-state index contributed by atoms with van der Waals surface area (Å²) < 4.78 is 14.1. The summed E-state index contributed by atoms with van der Waals surface area (Å²) in [6.45, 7) is 1.68. The summed E-state index contributed by atoms with van der Waals surface area (Å²) in [4.78, 5) is 24.5. The Bertz CT molecular complexity index is 1380. The molecule has 192 valence electrons. The predicted octanol–water partition coefficient (Wildman–Crippen LogP) is 4.47. The molecule has 2 amide bonds. The van der Waals surface area contributed by atoms with Gasteiger partial charge in [-0.3, -0.25) is 9.59 Å². The van der Waals surface area contributed by atoms with E-state index in [9.17, 15) is 19.1 Å². The minimum Gasteiger partial charge on any atom is -0.505 e. The number of anilines is 2. The van der Waals surface area contributed by atoms with E-state index in [4.69, 9.17) is 0 Å². The molecule has 4 aromatic rings. The molecule has 0 spiro atoms. The van der Waals surface area contributed by atoms with Crippen LogP contribution in [-0.2, 0) is 35.3 Å². The number of hydrogen-bond acceptors (Lipinski definition) is 9. The maximum Gasteiger partial charge on any atom is 0.230 e. The smallest absolute Gasteiger partial charge is 0.230 e. The predicted molar refractivity (Wildman–Crippen MR) is 140 cm³/mol. The summed E-state index contributed by atoms with van der Waals surface area (Å²) >= 11 is 2.63. The number of carbonyl (C=O) groups is 2. The van der Waals surface area contributed by atoms with Crippen LogP contribution in [0, 0.1) is 12.7 Å². The molecule has 2 aromatic carbocycles. The van der Waals surface area contributed by atoms with Gasteiger partial charge in [0.15, 0.2) is 11.6 Å². The van der Waals surface area contributed by atoms with Crippen molar-refractivity contribution in [1.82, 2.24) is 20.4 Å². The molecular formula is C25H25FN6O3S2. The van der Waals surface area contributed by atoms with Crippen LogP contribution >= 0.6 is 22.7 Å². The number of carbonyl (C=O) groups excluding carboxylic acids is 2. The lowest BCUT2D eigenvalue weighted by molar-refractivity contribution is -0.116. The van der Waals surface area contributed by atoms with Crippen LogP contribution in [0.15, 0.2) is 42.5 Å². The molecule has 12 heteroatoms. The zero-order valence-corrected chi connectivity index (χ0v) is 21.7. The SMILES string of the molecule is Cc1ccc(O)c(F)c1CC(=O)Nc1nnc(CCCCc2nnc(NC(=O)Cc3ccccc3)s2)s1. The van der Waals surface area contributed by atoms with Crippen molar-refractivity contribution in [2.24, 2.45) is 0 Å². The third-order valence-corrected chi connectivity index (χ3v) is 7.26. The first kappa shape index (κ1) is 26.3. The molecule has 0 saturated carbocycles. The van der Waals surface area contributed by atoms with Crippen molar-refractivity contribution in [3.63, 3.8) is 0 Å². The molecule has 9 nitrogen and oxygen atoms in total. The number of benzene rings is 2. The van der Waals surface area contributed by atoms with E-state index in [1.807, 2.05) is 30.3 Å². The number of nitrogens with one attached hydrogen (secondary N) is 2. The van der Waals surface area contributed by atoms with Gasteiger partial charge >= 0.3 is 0 Å². The Morgan fingerprint density at radius 2 is 1.41 bits per heavy atom. The van der Waals surface area contributed by atoms with E-state index < -0.39 is 17.5 Å². The van der Waals surface area contributed by atoms with Crippen molar-refractivity contribution in [3.8, 4) is 5.75 Å². The standard InChI is InChI=1S/C25H25FN6O3S2/c1-15-11-12-18(33)23(26)17(15)14-20(35)28-25-32-30-22(37-25)10-6-5-9-21-29-31-24(36-21)27-19(34)13-16-7-3-2-4-8-16/h2-4,7-8,11-12,33H,5-6,9-10,13-14H2,1H3,(H,27,31,34)(H,28,32,35). The van der Waals surface area contributed by atoms with E-state index in [2.05, 4.69) is 31.0 Å². The molecular weight excluding hydrogens is 515 g/mol. The zero-order valence-electron chi connectivity index (χ0n) is 20.0. The summed E-state index contributed by atoms with van der Waals surface area (Å²) in [5, 5.41) is 33.7. The maximum absolute atomic E-state index is 14.1. The van der Waals surface area contributed by atoms with Crippen LogP contribution in [0.2, 0.25) is 0 Å². The Morgan fingerprint density at radius 1 is 0.838 bits per heavy atom. The van der Waals surface area contributed by atoms with Gasteiger partial charge in [0.05, 0.1) is 12.8 Å². The highest BCUT2D eigenvalue weighted by Crippen LogP contribution is 2.24. The average molecular weight is 541 g/mol. The highest BCUT2D eigenvalue weighted by Gasteiger charge is 2.16. The third-order valence-electron chi connectivity index (χ3n) is 5.46. The number of phenolic OH excluding ortho intramolecular Hbond substituents is 1. The van der Waals surface area contributed by atoms with Gasteiger partial charge in [-0.15, -0.1) is 20.4 Å². The second-order valence-electron chi connectivity index (χ2n) is 8.34. The van der Waals surface area contributed by atoms with Crippen molar-refractivity contribution in [1.29, 1.82) is 0 Å². The van der Waals surface area contributed by atoms with Crippen LogP contribution in [0.1, 0.15) is 39.5 Å². The summed E-state index contributed by atoms with van der Waals surface area (Å²) in [7, 11) is 0. The number of aromatic hydroxyl groups is 1.